The van der Waals surface area contributed by atoms with Gasteiger partial charge in [-0.05, 0) is 24.7 Å². The number of hydrogen-bond acceptors (Lipinski definition) is 3. The molecular weight excluding hydrogens is 214 g/mol. The third kappa shape index (κ3) is 2.42. The smallest absolute Gasteiger partial charge is 0.224 e. The van der Waals surface area contributed by atoms with Crippen molar-refractivity contribution in [2.75, 3.05) is 32.9 Å². The Balaban J connectivity index is 2.26. The number of carbonyl (C=O) groups is 1. The first kappa shape index (κ1) is 11.9. The van der Waals surface area contributed by atoms with Crippen LogP contribution in [0.3, 0.4) is 0 Å². The summed E-state index contributed by atoms with van der Waals surface area (Å²) >= 11 is 0. The van der Waals surface area contributed by atoms with Gasteiger partial charge in [0.05, 0.1) is 5.92 Å². The molecule has 92 valence electrons. The second kappa shape index (κ2) is 4.75. The quantitative estimate of drug-likeness (QED) is 0.738. The van der Waals surface area contributed by atoms with Crippen molar-refractivity contribution in [3.05, 3.63) is 29.8 Å². The molecule has 1 aliphatic rings. The van der Waals surface area contributed by atoms with Crippen LogP contribution in [0.15, 0.2) is 24.3 Å². The van der Waals surface area contributed by atoms with E-state index in [0.717, 1.165) is 24.3 Å². The van der Waals surface area contributed by atoms with Crippen molar-refractivity contribution >= 4 is 11.6 Å². The first-order valence-corrected chi connectivity index (χ1v) is 5.87. The lowest BCUT2D eigenvalue weighted by atomic mass is 9.88. The van der Waals surface area contributed by atoms with Crippen molar-refractivity contribution in [3.8, 4) is 0 Å². The number of amides is 1. The molecule has 2 atom stereocenters. The van der Waals surface area contributed by atoms with E-state index in [2.05, 4.69) is 16.3 Å². The van der Waals surface area contributed by atoms with Gasteiger partial charge in [0, 0.05) is 31.7 Å². The average molecular weight is 233 g/mol. The number of likely N-dealkylation sites (tertiary alicyclic amines) is 1. The molecule has 0 saturated carbocycles. The van der Waals surface area contributed by atoms with E-state index in [1.165, 1.54) is 0 Å². The summed E-state index contributed by atoms with van der Waals surface area (Å²) in [4.78, 5) is 14.0. The monoisotopic (exact) mass is 233 g/mol. The van der Waals surface area contributed by atoms with E-state index < -0.39 is 0 Å². The van der Waals surface area contributed by atoms with Crippen LogP contribution in [-0.4, -0.2) is 38.0 Å². The Morgan fingerprint density at radius 2 is 2.24 bits per heavy atom. The van der Waals surface area contributed by atoms with Gasteiger partial charge in [-0.3, -0.25) is 4.79 Å². The molecule has 17 heavy (non-hydrogen) atoms. The Bertz CT molecular complexity index is 419. The van der Waals surface area contributed by atoms with Crippen molar-refractivity contribution < 1.29 is 4.79 Å². The minimum atomic E-state index is 0.0202. The Labute approximate surface area is 102 Å². The highest BCUT2D eigenvalue weighted by Gasteiger charge is 2.36. The topological polar surface area (TPSA) is 58.4 Å². The van der Waals surface area contributed by atoms with E-state index in [-0.39, 0.29) is 17.7 Å². The lowest BCUT2D eigenvalue weighted by Gasteiger charge is -2.17. The predicted octanol–water partition coefficient (Wildman–Crippen LogP) is 0.660. The summed E-state index contributed by atoms with van der Waals surface area (Å²) in [7, 11) is 3.74. The largest absolute Gasteiger partial charge is 0.399 e. The number of carbonyl (C=O) groups excluding carboxylic acids is 1. The number of nitrogens with one attached hydrogen (secondary N) is 1. The van der Waals surface area contributed by atoms with Gasteiger partial charge < -0.3 is 16.0 Å². The summed E-state index contributed by atoms with van der Waals surface area (Å²) in [5, 5.41) is 2.74. The highest BCUT2D eigenvalue weighted by atomic mass is 16.1. The van der Waals surface area contributed by atoms with Crippen LogP contribution in [0.4, 0.5) is 5.69 Å². The number of nitrogens with zero attached hydrogens (tertiary/aromatic N) is 1. The second-order valence-electron chi connectivity index (χ2n) is 4.72. The Morgan fingerprint density at radius 1 is 1.47 bits per heavy atom. The lowest BCUT2D eigenvalue weighted by molar-refractivity contribution is -0.124. The zero-order chi connectivity index (χ0) is 12.4. The second-order valence-corrected chi connectivity index (χ2v) is 4.72. The molecule has 2 unspecified atom stereocenters. The zero-order valence-electron chi connectivity index (χ0n) is 10.3. The van der Waals surface area contributed by atoms with Gasteiger partial charge in [0.2, 0.25) is 5.91 Å². The minimum absolute atomic E-state index is 0.0202. The highest BCUT2D eigenvalue weighted by molar-refractivity contribution is 5.80. The molecule has 1 amide bonds. The summed E-state index contributed by atoms with van der Waals surface area (Å²) in [5.74, 6) is 0.372. The standard InChI is InChI=1S/C13H19N3O/c1-15-13(17)12-8-16(2)7-11(12)9-4-3-5-10(14)6-9/h3-6,11-12H,7-8,14H2,1-2H3,(H,15,17). The van der Waals surface area contributed by atoms with E-state index in [4.69, 9.17) is 5.73 Å². The van der Waals surface area contributed by atoms with Crippen molar-refractivity contribution in [1.82, 2.24) is 10.2 Å². The molecule has 1 fully saturated rings. The fraction of sp³-hybridized carbons (Fsp3) is 0.462. The molecule has 0 bridgehead atoms. The van der Waals surface area contributed by atoms with Gasteiger partial charge in [-0.2, -0.15) is 0 Å². The van der Waals surface area contributed by atoms with Crippen LogP contribution in [0.1, 0.15) is 11.5 Å². The number of benzene rings is 1. The predicted molar refractivity (Wildman–Crippen MR) is 68.6 cm³/mol. The first-order valence-electron chi connectivity index (χ1n) is 5.87. The Hall–Kier alpha value is -1.55. The summed E-state index contributed by atoms with van der Waals surface area (Å²) in [6, 6.07) is 7.84. The van der Waals surface area contributed by atoms with Gasteiger partial charge >= 0.3 is 0 Å². The number of nitrogens with two attached hydrogens (primary N) is 1. The van der Waals surface area contributed by atoms with E-state index >= 15 is 0 Å². The molecule has 0 aromatic heterocycles. The van der Waals surface area contributed by atoms with Gasteiger partial charge in [-0.15, -0.1) is 0 Å². The van der Waals surface area contributed by atoms with Gasteiger partial charge in [-0.25, -0.2) is 0 Å². The summed E-state index contributed by atoms with van der Waals surface area (Å²) in [6.45, 7) is 1.71. The van der Waals surface area contributed by atoms with Gasteiger partial charge in [-0.1, -0.05) is 12.1 Å². The van der Waals surface area contributed by atoms with Crippen molar-refractivity contribution in [2.45, 2.75) is 5.92 Å². The number of anilines is 1. The first-order chi connectivity index (χ1) is 8.11. The molecule has 3 N–H and O–H groups in total. The molecule has 0 spiro atoms. The normalized spacial score (nSPS) is 24.8. The molecule has 0 aliphatic carbocycles. The number of rotatable bonds is 2. The number of nitrogen functional groups attached to an aromatic ring is 1. The molecular formula is C13H19N3O. The van der Waals surface area contributed by atoms with Crippen LogP contribution in [0.25, 0.3) is 0 Å². The molecule has 1 aromatic carbocycles. The molecule has 1 aliphatic heterocycles. The van der Waals surface area contributed by atoms with Crippen molar-refractivity contribution in [2.24, 2.45) is 5.92 Å². The molecule has 4 nitrogen and oxygen atoms in total. The van der Waals surface area contributed by atoms with E-state index in [9.17, 15) is 4.79 Å². The summed E-state index contributed by atoms with van der Waals surface area (Å²) in [6.07, 6.45) is 0. The molecule has 0 radical (unpaired) electrons. The fourth-order valence-electron chi connectivity index (χ4n) is 2.58. The zero-order valence-corrected chi connectivity index (χ0v) is 10.3. The molecule has 4 heteroatoms. The summed E-state index contributed by atoms with van der Waals surface area (Å²) in [5.41, 5.74) is 7.71. The van der Waals surface area contributed by atoms with Crippen LogP contribution in [0, 0.1) is 5.92 Å². The van der Waals surface area contributed by atoms with Crippen LogP contribution < -0.4 is 11.1 Å². The van der Waals surface area contributed by atoms with Crippen LogP contribution >= 0.6 is 0 Å². The maximum absolute atomic E-state index is 11.9. The maximum atomic E-state index is 11.9. The summed E-state index contributed by atoms with van der Waals surface area (Å²) < 4.78 is 0. The highest BCUT2D eigenvalue weighted by Crippen LogP contribution is 2.32. The molecule has 2 rings (SSSR count). The molecule has 1 heterocycles. The van der Waals surface area contributed by atoms with Gasteiger partial charge in [0.1, 0.15) is 0 Å². The third-order valence-electron chi connectivity index (χ3n) is 3.42. The lowest BCUT2D eigenvalue weighted by Crippen LogP contribution is -2.31. The van der Waals surface area contributed by atoms with E-state index in [1.54, 1.807) is 7.05 Å². The number of likely N-dealkylation sites (N-methyl/N-ethyl adjacent to an activating group) is 1. The molecule has 1 aromatic rings. The van der Waals surface area contributed by atoms with E-state index in [1.807, 2.05) is 25.2 Å². The Kier molecular flexibility index (Phi) is 3.33. The van der Waals surface area contributed by atoms with Gasteiger partial charge in [0.25, 0.3) is 0 Å². The fourth-order valence-corrected chi connectivity index (χ4v) is 2.58. The van der Waals surface area contributed by atoms with Crippen LogP contribution in [0.5, 0.6) is 0 Å². The van der Waals surface area contributed by atoms with Crippen molar-refractivity contribution in [3.63, 3.8) is 0 Å². The van der Waals surface area contributed by atoms with Crippen LogP contribution in [0.2, 0.25) is 0 Å². The third-order valence-corrected chi connectivity index (χ3v) is 3.42. The van der Waals surface area contributed by atoms with E-state index in [0.29, 0.717) is 0 Å². The average Bonchev–Trinajstić information content (AvgIpc) is 2.70. The molecule has 1 saturated heterocycles. The van der Waals surface area contributed by atoms with Crippen LogP contribution in [-0.2, 0) is 4.79 Å². The minimum Gasteiger partial charge on any atom is -0.399 e. The Morgan fingerprint density at radius 3 is 2.88 bits per heavy atom. The van der Waals surface area contributed by atoms with Crippen molar-refractivity contribution in [1.29, 1.82) is 0 Å². The maximum Gasteiger partial charge on any atom is 0.224 e. The van der Waals surface area contributed by atoms with Gasteiger partial charge in [0.15, 0.2) is 0 Å². The number of hydrogen-bond donors (Lipinski definition) is 2. The SMILES string of the molecule is CNC(=O)C1CN(C)CC1c1cccc(N)c1.